The van der Waals surface area contributed by atoms with Crippen LogP contribution in [0.5, 0.6) is 5.75 Å². The number of aliphatic hydroxyl groups is 1. The summed E-state index contributed by atoms with van der Waals surface area (Å²) < 4.78 is 19.4. The molecular weight excluding hydrogens is 281 g/mol. The highest BCUT2D eigenvalue weighted by molar-refractivity contribution is 5.33. The fourth-order valence-corrected chi connectivity index (χ4v) is 2.04. The molecule has 0 saturated heterocycles. The predicted octanol–water partition coefficient (Wildman–Crippen LogP) is 2.24. The van der Waals surface area contributed by atoms with E-state index in [9.17, 15) is 9.50 Å². The Morgan fingerprint density at radius 1 is 1.05 bits per heavy atom. The zero-order valence-electron chi connectivity index (χ0n) is 13.1. The van der Waals surface area contributed by atoms with Crippen LogP contribution in [-0.4, -0.2) is 17.3 Å². The predicted molar refractivity (Wildman–Crippen MR) is 84.0 cm³/mol. The molecule has 0 fully saturated rings. The van der Waals surface area contributed by atoms with Gasteiger partial charge in [-0.3, -0.25) is 0 Å². The zero-order chi connectivity index (χ0) is 16.0. The third-order valence-corrected chi connectivity index (χ3v) is 3.60. The molecule has 2 aromatic carbocycles. The summed E-state index contributed by atoms with van der Waals surface area (Å²) in [5, 5.41) is 11.4. The van der Waals surface area contributed by atoms with Crippen molar-refractivity contribution in [2.75, 3.05) is 6.61 Å². The molecule has 2 rings (SSSR count). The highest BCUT2D eigenvalue weighted by Crippen LogP contribution is 2.19. The van der Waals surface area contributed by atoms with E-state index in [4.69, 9.17) is 4.74 Å². The van der Waals surface area contributed by atoms with Gasteiger partial charge in [-0.15, -0.1) is 0 Å². The second-order valence-electron chi connectivity index (χ2n) is 6.04. The first-order chi connectivity index (χ1) is 10.5. The Balaban J connectivity index is 2.04. The molecule has 0 bridgehead atoms. The topological polar surface area (TPSA) is 46.1 Å². The van der Waals surface area contributed by atoms with Crippen molar-refractivity contribution < 1.29 is 19.6 Å². The second-order valence-corrected chi connectivity index (χ2v) is 6.04. The number of aliphatic hydroxyl groups excluding tert-OH is 1. The maximum Gasteiger partial charge on any atom is 0.129 e. The van der Waals surface area contributed by atoms with Crippen LogP contribution < -0.4 is 10.1 Å². The minimum Gasteiger partial charge on any atom is -0.488 e. The number of quaternary nitrogens is 1. The van der Waals surface area contributed by atoms with Crippen LogP contribution in [0.3, 0.4) is 0 Å². The van der Waals surface area contributed by atoms with Gasteiger partial charge in [0, 0.05) is 11.1 Å². The van der Waals surface area contributed by atoms with Gasteiger partial charge in [0.1, 0.15) is 30.3 Å². The van der Waals surface area contributed by atoms with Gasteiger partial charge in [-0.1, -0.05) is 30.3 Å². The number of hydrogen-bond acceptors (Lipinski definition) is 2. The lowest BCUT2D eigenvalue weighted by Crippen LogP contribution is -2.95. The number of rotatable bonds is 7. The largest absolute Gasteiger partial charge is 0.488 e. The van der Waals surface area contributed by atoms with E-state index < -0.39 is 0 Å². The zero-order valence-corrected chi connectivity index (χ0v) is 13.1. The van der Waals surface area contributed by atoms with E-state index in [1.807, 2.05) is 38.1 Å². The quantitative estimate of drug-likeness (QED) is 0.824. The first-order valence-electron chi connectivity index (χ1n) is 7.41. The average Bonchev–Trinajstić information content (AvgIpc) is 2.53. The molecule has 0 unspecified atom stereocenters. The highest BCUT2D eigenvalue weighted by atomic mass is 19.1. The van der Waals surface area contributed by atoms with Crippen LogP contribution in [0.1, 0.15) is 25.0 Å². The Bertz CT molecular complexity index is 614. The first-order valence-corrected chi connectivity index (χ1v) is 7.41. The molecule has 0 atom stereocenters. The van der Waals surface area contributed by atoms with Gasteiger partial charge in [0.25, 0.3) is 0 Å². The number of nitrogens with two attached hydrogens (primary N) is 1. The molecule has 2 aromatic rings. The lowest BCUT2D eigenvalue weighted by Gasteiger charge is -2.20. The molecular formula is C18H23FNO2+. The smallest absolute Gasteiger partial charge is 0.129 e. The molecule has 118 valence electrons. The van der Waals surface area contributed by atoms with Crippen molar-refractivity contribution in [3.8, 4) is 5.75 Å². The van der Waals surface area contributed by atoms with Crippen molar-refractivity contribution in [1.82, 2.24) is 0 Å². The number of benzene rings is 2. The fourth-order valence-electron chi connectivity index (χ4n) is 2.04. The monoisotopic (exact) mass is 304 g/mol. The minimum absolute atomic E-state index is 0.102. The minimum atomic E-state index is -0.257. The molecule has 3 nitrogen and oxygen atoms in total. The van der Waals surface area contributed by atoms with E-state index in [1.165, 1.54) is 6.07 Å². The molecule has 0 amide bonds. The summed E-state index contributed by atoms with van der Waals surface area (Å²) in [6.45, 7) is 4.96. The second kappa shape index (κ2) is 7.38. The van der Waals surface area contributed by atoms with Crippen molar-refractivity contribution >= 4 is 0 Å². The molecule has 0 aromatic heterocycles. The number of hydrogen-bond donors (Lipinski definition) is 2. The van der Waals surface area contributed by atoms with Gasteiger partial charge in [0.05, 0.1) is 6.61 Å². The summed E-state index contributed by atoms with van der Waals surface area (Å²) in [6.07, 6.45) is 0. The van der Waals surface area contributed by atoms with E-state index in [2.05, 4.69) is 5.32 Å². The summed E-state index contributed by atoms with van der Waals surface area (Å²) in [6, 6.07) is 14.3. The van der Waals surface area contributed by atoms with Crippen LogP contribution >= 0.6 is 0 Å². The Hall–Kier alpha value is -1.91. The van der Waals surface area contributed by atoms with Crippen molar-refractivity contribution in [1.29, 1.82) is 0 Å². The van der Waals surface area contributed by atoms with Crippen molar-refractivity contribution in [2.45, 2.75) is 32.5 Å². The molecule has 3 N–H and O–H groups in total. The maximum atomic E-state index is 13.6. The standard InChI is InChI=1S/C18H22FNO2/c1-18(2,13-21)20-11-14-7-4-6-10-17(14)22-12-15-8-3-5-9-16(15)19/h3-10,20-21H,11-13H2,1-2H3/p+1. The number of ether oxygens (including phenoxy) is 1. The van der Waals surface area contributed by atoms with E-state index in [0.717, 1.165) is 11.3 Å². The average molecular weight is 304 g/mol. The van der Waals surface area contributed by atoms with E-state index >= 15 is 0 Å². The summed E-state index contributed by atoms with van der Waals surface area (Å²) in [5.41, 5.74) is 1.33. The van der Waals surface area contributed by atoms with E-state index in [0.29, 0.717) is 12.1 Å². The van der Waals surface area contributed by atoms with Crippen LogP contribution in [0.4, 0.5) is 4.39 Å². The van der Waals surface area contributed by atoms with Gasteiger partial charge in [0.15, 0.2) is 0 Å². The lowest BCUT2D eigenvalue weighted by atomic mass is 10.1. The summed E-state index contributed by atoms with van der Waals surface area (Å²) in [5.74, 6) is 0.490. The Morgan fingerprint density at radius 2 is 1.68 bits per heavy atom. The van der Waals surface area contributed by atoms with Crippen LogP contribution in [-0.2, 0) is 13.2 Å². The molecule has 0 heterocycles. The molecule has 22 heavy (non-hydrogen) atoms. The Labute approximate surface area is 130 Å². The third kappa shape index (κ3) is 4.55. The molecule has 0 aliphatic rings. The number of para-hydroxylation sites is 1. The lowest BCUT2D eigenvalue weighted by molar-refractivity contribution is -0.736. The summed E-state index contributed by atoms with van der Waals surface area (Å²) >= 11 is 0. The fraction of sp³-hybridized carbons (Fsp3) is 0.333. The highest BCUT2D eigenvalue weighted by Gasteiger charge is 2.20. The maximum absolute atomic E-state index is 13.6. The first kappa shape index (κ1) is 16.5. The van der Waals surface area contributed by atoms with Gasteiger partial charge in [-0.25, -0.2) is 4.39 Å². The normalized spacial score (nSPS) is 11.5. The molecule has 0 aliphatic heterocycles. The molecule has 4 heteroatoms. The van der Waals surface area contributed by atoms with Gasteiger partial charge in [-0.05, 0) is 32.0 Å². The van der Waals surface area contributed by atoms with E-state index in [1.54, 1.807) is 18.2 Å². The van der Waals surface area contributed by atoms with Gasteiger partial charge in [-0.2, -0.15) is 0 Å². The van der Waals surface area contributed by atoms with E-state index in [-0.39, 0.29) is 24.6 Å². The molecule has 0 radical (unpaired) electrons. The van der Waals surface area contributed by atoms with Crippen molar-refractivity contribution in [2.24, 2.45) is 0 Å². The molecule has 0 saturated carbocycles. The van der Waals surface area contributed by atoms with Gasteiger partial charge < -0.3 is 15.2 Å². The van der Waals surface area contributed by atoms with Gasteiger partial charge in [0.2, 0.25) is 0 Å². The van der Waals surface area contributed by atoms with Crippen molar-refractivity contribution in [3.05, 3.63) is 65.5 Å². The van der Waals surface area contributed by atoms with Crippen LogP contribution in [0.15, 0.2) is 48.5 Å². The Morgan fingerprint density at radius 3 is 2.36 bits per heavy atom. The van der Waals surface area contributed by atoms with Crippen molar-refractivity contribution in [3.63, 3.8) is 0 Å². The van der Waals surface area contributed by atoms with Crippen LogP contribution in [0.2, 0.25) is 0 Å². The summed E-state index contributed by atoms with van der Waals surface area (Å²) in [4.78, 5) is 0. The van der Waals surface area contributed by atoms with Crippen LogP contribution in [0, 0.1) is 5.82 Å². The molecule has 0 spiro atoms. The Kier molecular flexibility index (Phi) is 5.52. The summed E-state index contributed by atoms with van der Waals surface area (Å²) in [7, 11) is 0. The van der Waals surface area contributed by atoms with Gasteiger partial charge >= 0.3 is 0 Å². The third-order valence-electron chi connectivity index (χ3n) is 3.60. The SMILES string of the molecule is CC(C)(CO)[NH2+]Cc1ccccc1OCc1ccccc1F. The molecule has 0 aliphatic carbocycles. The number of halogens is 1. The van der Waals surface area contributed by atoms with Crippen LogP contribution in [0.25, 0.3) is 0 Å².